The number of rotatable bonds is 7. The average Bonchev–Trinajstić information content (AvgIpc) is 2.97. The molecule has 2 rings (SSSR count). The van der Waals surface area contributed by atoms with Crippen molar-refractivity contribution in [3.05, 3.63) is 24.2 Å². The van der Waals surface area contributed by atoms with Gasteiger partial charge in [-0.05, 0) is 49.7 Å². The molecular formula is C18H32NO2+. The van der Waals surface area contributed by atoms with Crippen molar-refractivity contribution in [1.29, 1.82) is 0 Å². The van der Waals surface area contributed by atoms with Crippen LogP contribution in [0.25, 0.3) is 0 Å². The highest BCUT2D eigenvalue weighted by atomic mass is 16.5. The lowest BCUT2D eigenvalue weighted by Crippen LogP contribution is -2.83. The van der Waals surface area contributed by atoms with Crippen molar-refractivity contribution in [1.82, 2.24) is 0 Å². The third-order valence-electron chi connectivity index (χ3n) is 5.52. The van der Waals surface area contributed by atoms with Crippen molar-refractivity contribution in [3.63, 3.8) is 0 Å². The third-order valence-corrected chi connectivity index (χ3v) is 5.52. The molecule has 0 radical (unpaired) electrons. The molecule has 2 heterocycles. The zero-order chi connectivity index (χ0) is 15.3. The summed E-state index contributed by atoms with van der Waals surface area (Å²) in [6.45, 7) is 12.3. The summed E-state index contributed by atoms with van der Waals surface area (Å²) in [5.41, 5.74) is 0.506. The van der Waals surface area contributed by atoms with Gasteiger partial charge >= 0.3 is 0 Å². The highest BCUT2D eigenvalue weighted by Gasteiger charge is 2.44. The molecule has 0 unspecified atom stereocenters. The largest absolute Gasteiger partial charge is 0.463 e. The van der Waals surface area contributed by atoms with Gasteiger partial charge in [-0.25, -0.2) is 0 Å². The van der Waals surface area contributed by atoms with Crippen molar-refractivity contribution in [2.45, 2.75) is 65.5 Å². The Kier molecular flexibility index (Phi) is 5.50. The van der Waals surface area contributed by atoms with Crippen LogP contribution in [-0.4, -0.2) is 18.8 Å². The van der Waals surface area contributed by atoms with Crippen LogP contribution < -0.4 is 5.32 Å². The SMILES string of the molecule is CC[C@@]1(C)C[C@@](CC[NH2+]Cc2ccco2)(C(C)C)CCO1. The van der Waals surface area contributed by atoms with E-state index in [0.29, 0.717) is 11.3 Å². The Bertz CT molecular complexity index is 415. The quantitative estimate of drug-likeness (QED) is 0.783. The number of ether oxygens (including phenoxy) is 1. The lowest BCUT2D eigenvalue weighted by Gasteiger charge is -2.48. The Balaban J connectivity index is 1.89. The van der Waals surface area contributed by atoms with Gasteiger partial charge in [0.25, 0.3) is 0 Å². The molecule has 2 N–H and O–H groups in total. The topological polar surface area (TPSA) is 39.0 Å². The Labute approximate surface area is 129 Å². The van der Waals surface area contributed by atoms with E-state index in [2.05, 4.69) is 39.1 Å². The molecule has 0 amide bonds. The van der Waals surface area contributed by atoms with Crippen molar-refractivity contribution in [3.8, 4) is 0 Å². The molecule has 1 aromatic heterocycles. The van der Waals surface area contributed by atoms with Crippen LogP contribution in [0.1, 0.15) is 59.1 Å². The Morgan fingerprint density at radius 3 is 2.81 bits per heavy atom. The molecule has 0 spiro atoms. The van der Waals surface area contributed by atoms with E-state index < -0.39 is 0 Å². The molecule has 2 atom stereocenters. The Morgan fingerprint density at radius 2 is 2.19 bits per heavy atom. The third kappa shape index (κ3) is 4.10. The summed E-state index contributed by atoms with van der Waals surface area (Å²) in [5.74, 6) is 1.78. The monoisotopic (exact) mass is 294 g/mol. The fraction of sp³-hybridized carbons (Fsp3) is 0.778. The minimum absolute atomic E-state index is 0.0729. The van der Waals surface area contributed by atoms with Crippen LogP contribution in [0.4, 0.5) is 0 Å². The van der Waals surface area contributed by atoms with Crippen molar-refractivity contribution >= 4 is 0 Å². The fourth-order valence-corrected chi connectivity index (χ4v) is 3.67. The molecular weight excluding hydrogens is 262 g/mol. The molecule has 1 aliphatic rings. The maximum Gasteiger partial charge on any atom is 0.157 e. The van der Waals surface area contributed by atoms with Crippen LogP contribution in [0.5, 0.6) is 0 Å². The molecule has 3 nitrogen and oxygen atoms in total. The predicted molar refractivity (Wildman–Crippen MR) is 85.0 cm³/mol. The van der Waals surface area contributed by atoms with Crippen LogP contribution in [0.3, 0.4) is 0 Å². The fourth-order valence-electron chi connectivity index (χ4n) is 3.67. The number of quaternary nitrogens is 1. The van der Waals surface area contributed by atoms with Crippen molar-refractivity contribution in [2.75, 3.05) is 13.2 Å². The maximum atomic E-state index is 6.06. The van der Waals surface area contributed by atoms with E-state index in [1.54, 1.807) is 6.26 Å². The Morgan fingerprint density at radius 1 is 1.38 bits per heavy atom. The zero-order valence-corrected chi connectivity index (χ0v) is 14.2. The van der Waals surface area contributed by atoms with Gasteiger partial charge in [0.15, 0.2) is 5.76 Å². The summed E-state index contributed by atoms with van der Waals surface area (Å²) in [4.78, 5) is 0. The first-order valence-corrected chi connectivity index (χ1v) is 8.48. The van der Waals surface area contributed by atoms with Gasteiger partial charge in [-0.3, -0.25) is 0 Å². The molecule has 1 saturated heterocycles. The second-order valence-electron chi connectivity index (χ2n) is 7.21. The van der Waals surface area contributed by atoms with Crippen LogP contribution in [-0.2, 0) is 11.3 Å². The smallest absolute Gasteiger partial charge is 0.157 e. The van der Waals surface area contributed by atoms with E-state index in [0.717, 1.165) is 25.3 Å². The standard InChI is InChI=1S/C18H31NO2/c1-5-17(4)14-18(15(2)3,9-12-21-17)8-10-19-13-16-7-6-11-20-16/h6-7,11,15,19H,5,8-10,12-14H2,1-4H3/p+1/t17-,18-/m0/s1. The minimum Gasteiger partial charge on any atom is -0.463 e. The highest BCUT2D eigenvalue weighted by Crippen LogP contribution is 2.47. The van der Waals surface area contributed by atoms with Gasteiger partial charge in [0.1, 0.15) is 6.54 Å². The van der Waals surface area contributed by atoms with Gasteiger partial charge in [-0.1, -0.05) is 20.8 Å². The molecule has 0 bridgehead atoms. The molecule has 3 heteroatoms. The summed E-state index contributed by atoms with van der Waals surface area (Å²) in [6, 6.07) is 4.02. The second kappa shape index (κ2) is 6.97. The van der Waals surface area contributed by atoms with E-state index in [9.17, 15) is 0 Å². The average molecular weight is 294 g/mol. The molecule has 21 heavy (non-hydrogen) atoms. The lowest BCUT2D eigenvalue weighted by atomic mass is 9.64. The zero-order valence-electron chi connectivity index (χ0n) is 14.2. The van der Waals surface area contributed by atoms with E-state index in [1.165, 1.54) is 25.8 Å². The van der Waals surface area contributed by atoms with Crippen molar-refractivity contribution in [2.24, 2.45) is 11.3 Å². The summed E-state index contributed by atoms with van der Waals surface area (Å²) < 4.78 is 11.5. The van der Waals surface area contributed by atoms with Gasteiger partial charge in [0, 0.05) is 13.0 Å². The van der Waals surface area contributed by atoms with Gasteiger partial charge in [-0.15, -0.1) is 0 Å². The van der Waals surface area contributed by atoms with E-state index in [4.69, 9.17) is 9.15 Å². The number of furan rings is 1. The van der Waals surface area contributed by atoms with Gasteiger partial charge < -0.3 is 14.5 Å². The lowest BCUT2D eigenvalue weighted by molar-refractivity contribution is -0.674. The van der Waals surface area contributed by atoms with E-state index in [-0.39, 0.29) is 5.60 Å². The number of hydrogen-bond acceptors (Lipinski definition) is 2. The Hall–Kier alpha value is -0.800. The molecule has 1 fully saturated rings. The number of hydrogen-bond donors (Lipinski definition) is 1. The molecule has 0 aromatic carbocycles. The second-order valence-corrected chi connectivity index (χ2v) is 7.21. The summed E-state index contributed by atoms with van der Waals surface area (Å²) in [6.07, 6.45) is 6.53. The summed E-state index contributed by atoms with van der Waals surface area (Å²) >= 11 is 0. The molecule has 1 aliphatic heterocycles. The normalized spacial score (nSPS) is 30.0. The van der Waals surface area contributed by atoms with Crippen LogP contribution in [0, 0.1) is 11.3 Å². The van der Waals surface area contributed by atoms with E-state index in [1.807, 2.05) is 6.07 Å². The van der Waals surface area contributed by atoms with Crippen LogP contribution >= 0.6 is 0 Å². The first-order valence-electron chi connectivity index (χ1n) is 8.48. The van der Waals surface area contributed by atoms with E-state index >= 15 is 0 Å². The van der Waals surface area contributed by atoms with Gasteiger partial charge in [0.2, 0.25) is 0 Å². The number of nitrogens with two attached hydrogens (primary N) is 1. The summed E-state index contributed by atoms with van der Waals surface area (Å²) in [7, 11) is 0. The summed E-state index contributed by atoms with van der Waals surface area (Å²) in [5, 5.41) is 2.38. The maximum absolute atomic E-state index is 6.06. The van der Waals surface area contributed by atoms with Gasteiger partial charge in [0.05, 0.1) is 18.4 Å². The van der Waals surface area contributed by atoms with Crippen molar-refractivity contribution < 1.29 is 14.5 Å². The first-order chi connectivity index (χ1) is 10.00. The van der Waals surface area contributed by atoms with Crippen LogP contribution in [0.2, 0.25) is 0 Å². The van der Waals surface area contributed by atoms with Gasteiger partial charge in [-0.2, -0.15) is 0 Å². The predicted octanol–water partition coefficient (Wildman–Crippen LogP) is 3.35. The molecule has 120 valence electrons. The first kappa shape index (κ1) is 16.6. The molecule has 0 saturated carbocycles. The van der Waals surface area contributed by atoms with Crippen LogP contribution in [0.15, 0.2) is 22.8 Å². The highest BCUT2D eigenvalue weighted by molar-refractivity contribution is 4.96. The minimum atomic E-state index is 0.0729. The molecule has 0 aliphatic carbocycles. The molecule has 1 aromatic rings.